The maximum atomic E-state index is 13.3. The maximum Gasteiger partial charge on any atom is 0.416 e. The van der Waals surface area contributed by atoms with E-state index in [1.165, 1.54) is 11.9 Å². The Kier molecular flexibility index (Phi) is 6.82. The SMILES string of the molecule is CN(CCO)c1nc(N)c(C(=O)N=C(N)N)nc1-c1cc(C(F)(F)F)cc(C(F)(F)F)c1. The molecule has 0 radical (unpaired) electrons. The quantitative estimate of drug-likeness (QED) is 0.295. The number of nitrogens with zero attached hydrogens (tertiary/aromatic N) is 4. The second kappa shape index (κ2) is 8.86. The zero-order valence-electron chi connectivity index (χ0n) is 16.3. The van der Waals surface area contributed by atoms with Crippen LogP contribution in [-0.2, 0) is 12.4 Å². The molecule has 9 nitrogen and oxygen atoms in total. The van der Waals surface area contributed by atoms with Crippen LogP contribution < -0.4 is 22.1 Å². The number of amides is 1. The normalized spacial score (nSPS) is 11.9. The summed E-state index contributed by atoms with van der Waals surface area (Å²) in [5.74, 6) is -2.72. The Bertz CT molecular complexity index is 1020. The van der Waals surface area contributed by atoms with E-state index in [0.717, 1.165) is 0 Å². The van der Waals surface area contributed by atoms with E-state index in [1.807, 2.05) is 0 Å². The van der Waals surface area contributed by atoms with Gasteiger partial charge in [0.25, 0.3) is 0 Å². The molecular weight excluding hydrogens is 448 g/mol. The van der Waals surface area contributed by atoms with E-state index in [1.54, 1.807) is 0 Å². The van der Waals surface area contributed by atoms with Crippen LogP contribution in [0.1, 0.15) is 21.6 Å². The standard InChI is InChI=1S/C17H17F6N7O2/c1-30(2-3-31)13-10(27-11(12(24)28-13)14(32)29-15(25)26)7-4-8(16(18,19)20)6-9(5-7)17(21,22)23/h4-6,31H,2-3H2,1H3,(H2,24,28)(H4,25,26,29,32). The highest BCUT2D eigenvalue weighted by Crippen LogP contribution is 2.40. The highest BCUT2D eigenvalue weighted by Gasteiger charge is 2.37. The molecule has 0 saturated carbocycles. The van der Waals surface area contributed by atoms with Crippen molar-refractivity contribution in [2.45, 2.75) is 12.4 Å². The number of likely N-dealkylation sites (N-methyl/N-ethyl adjacent to an activating group) is 1. The van der Waals surface area contributed by atoms with Crippen LogP contribution in [0.5, 0.6) is 0 Å². The molecule has 0 unspecified atom stereocenters. The van der Waals surface area contributed by atoms with Crippen molar-refractivity contribution in [3.8, 4) is 11.3 Å². The number of nitrogens with two attached hydrogens (primary N) is 3. The smallest absolute Gasteiger partial charge is 0.395 e. The Morgan fingerprint density at radius 2 is 1.59 bits per heavy atom. The lowest BCUT2D eigenvalue weighted by molar-refractivity contribution is -0.143. The minimum absolute atomic E-state index is 0.0587. The summed E-state index contributed by atoms with van der Waals surface area (Å²) in [4.78, 5) is 24.3. The number of aliphatic hydroxyl groups excluding tert-OH is 1. The summed E-state index contributed by atoms with van der Waals surface area (Å²) in [6, 6.07) is 0.776. The fourth-order valence-electron chi connectivity index (χ4n) is 2.57. The van der Waals surface area contributed by atoms with Gasteiger partial charge in [0.05, 0.1) is 17.7 Å². The van der Waals surface area contributed by atoms with E-state index in [2.05, 4.69) is 15.0 Å². The van der Waals surface area contributed by atoms with E-state index in [4.69, 9.17) is 22.3 Å². The van der Waals surface area contributed by atoms with Crippen LogP contribution in [0.25, 0.3) is 11.3 Å². The van der Waals surface area contributed by atoms with Crippen molar-refractivity contribution in [2.75, 3.05) is 30.8 Å². The van der Waals surface area contributed by atoms with Crippen LogP contribution in [0, 0.1) is 0 Å². The molecule has 0 bridgehead atoms. The minimum Gasteiger partial charge on any atom is -0.395 e. The number of carbonyl (C=O) groups is 1. The molecule has 0 spiro atoms. The molecule has 7 N–H and O–H groups in total. The summed E-state index contributed by atoms with van der Waals surface area (Å²) in [5.41, 5.74) is 10.8. The summed E-state index contributed by atoms with van der Waals surface area (Å²) < 4.78 is 79.7. The number of alkyl halides is 6. The van der Waals surface area contributed by atoms with Gasteiger partial charge in [-0.15, -0.1) is 0 Å². The molecule has 1 amide bonds. The predicted molar refractivity (Wildman–Crippen MR) is 102 cm³/mol. The van der Waals surface area contributed by atoms with Gasteiger partial charge in [0.2, 0.25) is 0 Å². The Morgan fingerprint density at radius 3 is 2.03 bits per heavy atom. The molecule has 0 aliphatic carbocycles. The van der Waals surface area contributed by atoms with E-state index in [-0.39, 0.29) is 18.4 Å². The molecule has 2 aromatic rings. The molecule has 0 aliphatic rings. The molecule has 2 rings (SSSR count). The summed E-state index contributed by atoms with van der Waals surface area (Å²) >= 11 is 0. The van der Waals surface area contributed by atoms with Crippen LogP contribution in [0.15, 0.2) is 23.2 Å². The lowest BCUT2D eigenvalue weighted by Gasteiger charge is -2.22. The summed E-state index contributed by atoms with van der Waals surface area (Å²) in [5, 5.41) is 9.15. The van der Waals surface area contributed by atoms with Crippen LogP contribution in [0.2, 0.25) is 0 Å². The van der Waals surface area contributed by atoms with Gasteiger partial charge in [-0.25, -0.2) is 9.97 Å². The van der Waals surface area contributed by atoms with Crippen molar-refractivity contribution < 1.29 is 36.2 Å². The lowest BCUT2D eigenvalue weighted by Crippen LogP contribution is -2.26. The molecule has 15 heteroatoms. The number of carbonyl (C=O) groups excluding carboxylic acids is 1. The number of anilines is 2. The average molecular weight is 465 g/mol. The van der Waals surface area contributed by atoms with Crippen molar-refractivity contribution in [2.24, 2.45) is 16.5 Å². The summed E-state index contributed by atoms with van der Waals surface area (Å²) in [6.45, 7) is -0.573. The highest BCUT2D eigenvalue weighted by atomic mass is 19.4. The molecule has 0 aliphatic heterocycles. The first kappa shape index (κ1) is 24.6. The van der Waals surface area contributed by atoms with Crippen molar-refractivity contribution in [3.63, 3.8) is 0 Å². The highest BCUT2D eigenvalue weighted by molar-refractivity contribution is 6.04. The Labute approximate surface area is 176 Å². The first-order chi connectivity index (χ1) is 14.6. The van der Waals surface area contributed by atoms with Crippen LogP contribution in [-0.4, -0.2) is 47.1 Å². The molecule has 0 fully saturated rings. The number of benzene rings is 1. The Morgan fingerprint density at radius 1 is 1.06 bits per heavy atom. The van der Waals surface area contributed by atoms with Gasteiger partial charge in [-0.1, -0.05) is 0 Å². The Balaban J connectivity index is 2.89. The van der Waals surface area contributed by atoms with Crippen molar-refractivity contribution in [3.05, 3.63) is 35.0 Å². The molecular formula is C17H17F6N7O2. The zero-order valence-corrected chi connectivity index (χ0v) is 16.3. The molecule has 1 heterocycles. The molecule has 0 saturated heterocycles. The number of aliphatic hydroxyl groups is 1. The van der Waals surface area contributed by atoms with Gasteiger partial charge in [-0.05, 0) is 18.2 Å². The van der Waals surface area contributed by atoms with Crippen LogP contribution >= 0.6 is 0 Å². The summed E-state index contributed by atoms with van der Waals surface area (Å²) in [6.07, 6.45) is -10.2. The largest absolute Gasteiger partial charge is 0.416 e. The number of nitrogen functional groups attached to an aromatic ring is 1. The van der Waals surface area contributed by atoms with Crippen LogP contribution in [0.4, 0.5) is 38.0 Å². The third kappa shape index (κ3) is 5.54. The van der Waals surface area contributed by atoms with E-state index >= 15 is 0 Å². The number of aromatic nitrogens is 2. The van der Waals surface area contributed by atoms with Gasteiger partial charge in [-0.2, -0.15) is 31.3 Å². The molecule has 32 heavy (non-hydrogen) atoms. The van der Waals surface area contributed by atoms with Crippen molar-refractivity contribution in [1.29, 1.82) is 0 Å². The molecule has 174 valence electrons. The monoisotopic (exact) mass is 465 g/mol. The maximum absolute atomic E-state index is 13.3. The second-order valence-electron chi connectivity index (χ2n) is 6.41. The topological polar surface area (TPSA) is 157 Å². The van der Waals surface area contributed by atoms with Gasteiger partial charge in [0.15, 0.2) is 23.3 Å². The zero-order chi connectivity index (χ0) is 24.4. The number of hydrogen-bond acceptors (Lipinski definition) is 6. The van der Waals surface area contributed by atoms with Gasteiger partial charge < -0.3 is 27.2 Å². The van der Waals surface area contributed by atoms with Gasteiger partial charge in [-0.3, -0.25) is 4.79 Å². The van der Waals surface area contributed by atoms with E-state index < -0.39 is 64.7 Å². The minimum atomic E-state index is -5.12. The first-order valence-corrected chi connectivity index (χ1v) is 8.58. The van der Waals surface area contributed by atoms with E-state index in [0.29, 0.717) is 12.1 Å². The number of halogens is 6. The third-order valence-electron chi connectivity index (χ3n) is 4.00. The predicted octanol–water partition coefficient (Wildman–Crippen LogP) is 1.61. The number of hydrogen-bond donors (Lipinski definition) is 4. The van der Waals surface area contributed by atoms with Crippen molar-refractivity contribution >= 4 is 23.5 Å². The fourth-order valence-corrected chi connectivity index (χ4v) is 2.57. The van der Waals surface area contributed by atoms with Gasteiger partial charge >= 0.3 is 18.3 Å². The van der Waals surface area contributed by atoms with Gasteiger partial charge in [0.1, 0.15) is 5.69 Å². The number of guanidine groups is 1. The Hall–Kier alpha value is -3.62. The fraction of sp³-hybridized carbons (Fsp3) is 0.294. The third-order valence-corrected chi connectivity index (χ3v) is 4.00. The number of aliphatic imine (C=N–C) groups is 1. The van der Waals surface area contributed by atoms with Crippen molar-refractivity contribution in [1.82, 2.24) is 9.97 Å². The van der Waals surface area contributed by atoms with E-state index in [9.17, 15) is 31.1 Å². The molecule has 1 aromatic carbocycles. The summed E-state index contributed by atoms with van der Waals surface area (Å²) in [7, 11) is 1.33. The number of rotatable bonds is 5. The van der Waals surface area contributed by atoms with Gasteiger partial charge in [0, 0.05) is 19.2 Å². The average Bonchev–Trinajstić information content (AvgIpc) is 2.65. The lowest BCUT2D eigenvalue weighted by atomic mass is 10.0. The second-order valence-corrected chi connectivity index (χ2v) is 6.41. The molecule has 0 atom stereocenters. The molecule has 1 aromatic heterocycles. The van der Waals surface area contributed by atoms with Crippen LogP contribution in [0.3, 0.4) is 0 Å². The first-order valence-electron chi connectivity index (χ1n) is 8.58.